The van der Waals surface area contributed by atoms with Gasteiger partial charge in [0.1, 0.15) is 17.1 Å². The SMILES string of the molecule is COc1cc(OC)c(Cl)c(-c2cc3cnc(NC4COC4)nc3n(CCOC3CCN(C(=O)C=CCN(C)C)C3)c2=O)c1Cl. The van der Waals surface area contributed by atoms with E-state index in [9.17, 15) is 9.59 Å². The maximum Gasteiger partial charge on any atom is 0.260 e. The third-order valence-corrected chi connectivity index (χ3v) is 8.25. The van der Waals surface area contributed by atoms with Crippen LogP contribution >= 0.6 is 23.2 Å². The van der Waals surface area contributed by atoms with E-state index in [2.05, 4.69) is 15.3 Å². The van der Waals surface area contributed by atoms with Gasteiger partial charge in [-0.25, -0.2) is 4.98 Å². The highest BCUT2D eigenvalue weighted by Gasteiger charge is 2.27. The summed E-state index contributed by atoms with van der Waals surface area (Å²) in [5, 5.41) is 4.19. The van der Waals surface area contributed by atoms with Crippen LogP contribution in [0.1, 0.15) is 6.42 Å². The monoisotopic (exact) mass is 646 g/mol. The van der Waals surface area contributed by atoms with Gasteiger partial charge in [0.25, 0.3) is 5.56 Å². The maximum atomic E-state index is 14.1. The Bertz CT molecular complexity index is 1580. The molecule has 2 aromatic heterocycles. The van der Waals surface area contributed by atoms with Crippen LogP contribution in [0.2, 0.25) is 10.0 Å². The molecule has 0 bridgehead atoms. The van der Waals surface area contributed by atoms with Crippen molar-refractivity contribution in [2.45, 2.75) is 25.1 Å². The Kier molecular flexibility index (Phi) is 10.3. The predicted molar refractivity (Wildman–Crippen MR) is 169 cm³/mol. The molecular weight excluding hydrogens is 611 g/mol. The van der Waals surface area contributed by atoms with Crippen LogP contribution in [0, 0.1) is 0 Å². The number of likely N-dealkylation sites (N-methyl/N-ethyl adjacent to an activating group) is 1. The van der Waals surface area contributed by atoms with Crippen molar-refractivity contribution in [3.8, 4) is 22.6 Å². The minimum Gasteiger partial charge on any atom is -0.495 e. The summed E-state index contributed by atoms with van der Waals surface area (Å²) in [7, 11) is 6.84. The van der Waals surface area contributed by atoms with Crippen LogP contribution in [0.25, 0.3) is 22.2 Å². The van der Waals surface area contributed by atoms with Gasteiger partial charge in [-0.15, -0.1) is 0 Å². The summed E-state index contributed by atoms with van der Waals surface area (Å²) in [5.74, 6) is 0.975. The van der Waals surface area contributed by atoms with E-state index < -0.39 is 0 Å². The summed E-state index contributed by atoms with van der Waals surface area (Å²) in [6.07, 6.45) is 5.65. The highest BCUT2D eigenvalue weighted by atomic mass is 35.5. The van der Waals surface area contributed by atoms with Crippen LogP contribution in [0.3, 0.4) is 0 Å². The second-order valence-corrected chi connectivity index (χ2v) is 11.6. The van der Waals surface area contributed by atoms with Crippen LogP contribution < -0.4 is 20.3 Å². The van der Waals surface area contributed by atoms with Gasteiger partial charge >= 0.3 is 0 Å². The van der Waals surface area contributed by atoms with Crippen LogP contribution in [-0.4, -0.2) is 110 Å². The van der Waals surface area contributed by atoms with Crippen molar-refractivity contribution in [1.29, 1.82) is 0 Å². The molecule has 1 unspecified atom stereocenters. The second-order valence-electron chi connectivity index (χ2n) is 10.9. The Morgan fingerprint density at radius 3 is 2.55 bits per heavy atom. The largest absolute Gasteiger partial charge is 0.495 e. The topological polar surface area (TPSA) is 120 Å². The van der Waals surface area contributed by atoms with Crippen molar-refractivity contribution in [2.24, 2.45) is 0 Å². The number of amides is 1. The molecule has 0 radical (unpaired) electrons. The van der Waals surface area contributed by atoms with E-state index in [1.54, 1.807) is 29.3 Å². The number of methoxy groups -OCH3 is 2. The van der Waals surface area contributed by atoms with Crippen molar-refractivity contribution in [3.63, 3.8) is 0 Å². The zero-order valence-corrected chi connectivity index (χ0v) is 26.7. The standard InChI is InChI=1S/C30H36Cl2N6O6/c1-36(2)8-5-6-24(39)37-9-7-20(15-37)44-11-10-38-28-18(14-33-30(35-28)34-19-16-43-17-19)12-21(29(38)40)25-26(31)22(41-3)13-23(42-4)27(25)32/h5-6,12-14,19-20H,7-11,15-17H2,1-4H3,(H,33,34,35). The molecule has 1 N–H and O–H groups in total. The molecular formula is C30H36Cl2N6O6. The zero-order valence-electron chi connectivity index (χ0n) is 25.1. The van der Waals surface area contributed by atoms with Crippen LogP contribution in [-0.2, 0) is 20.8 Å². The summed E-state index contributed by atoms with van der Waals surface area (Å²) in [5.41, 5.74) is 0.582. The predicted octanol–water partition coefficient (Wildman–Crippen LogP) is 3.33. The van der Waals surface area contributed by atoms with Gasteiger partial charge in [0.2, 0.25) is 11.9 Å². The Hall–Kier alpha value is -3.42. The van der Waals surface area contributed by atoms with Gasteiger partial charge in [-0.2, -0.15) is 4.98 Å². The number of hydrogen-bond acceptors (Lipinski definition) is 10. The average molecular weight is 648 g/mol. The molecule has 2 fully saturated rings. The number of carbonyl (C=O) groups is 1. The fourth-order valence-corrected chi connectivity index (χ4v) is 5.79. The number of anilines is 1. The first-order chi connectivity index (χ1) is 21.2. The van der Waals surface area contributed by atoms with E-state index in [1.807, 2.05) is 25.1 Å². The Morgan fingerprint density at radius 2 is 1.91 bits per heavy atom. The third kappa shape index (κ3) is 6.94. The lowest BCUT2D eigenvalue weighted by atomic mass is 10.0. The number of halogens is 2. The number of carbonyl (C=O) groups excluding carboxylic acids is 1. The number of pyridine rings is 1. The highest BCUT2D eigenvalue weighted by Crippen LogP contribution is 2.45. The van der Waals surface area contributed by atoms with E-state index in [-0.39, 0.29) is 57.9 Å². The summed E-state index contributed by atoms with van der Waals surface area (Å²) >= 11 is 13.4. The number of ether oxygens (including phenoxy) is 4. The van der Waals surface area contributed by atoms with E-state index in [0.717, 1.165) is 0 Å². The molecule has 5 rings (SSSR count). The molecule has 236 valence electrons. The molecule has 12 nitrogen and oxygen atoms in total. The molecule has 1 aromatic carbocycles. The van der Waals surface area contributed by atoms with Crippen molar-refractivity contribution >= 4 is 46.1 Å². The molecule has 1 atom stereocenters. The van der Waals surface area contributed by atoms with Crippen molar-refractivity contribution in [3.05, 3.63) is 50.9 Å². The quantitative estimate of drug-likeness (QED) is 0.293. The summed E-state index contributed by atoms with van der Waals surface area (Å²) in [6.45, 7) is 3.30. The fourth-order valence-electron chi connectivity index (χ4n) is 5.08. The molecule has 4 heterocycles. The van der Waals surface area contributed by atoms with Gasteiger partial charge < -0.3 is 34.1 Å². The van der Waals surface area contributed by atoms with E-state index in [4.69, 9.17) is 42.1 Å². The minimum absolute atomic E-state index is 0.0380. The van der Waals surface area contributed by atoms with Crippen LogP contribution in [0.15, 0.2) is 35.3 Å². The number of nitrogens with zero attached hydrogens (tertiary/aromatic N) is 5. The first-order valence-corrected chi connectivity index (χ1v) is 15.0. The minimum atomic E-state index is -0.369. The molecule has 44 heavy (non-hydrogen) atoms. The van der Waals surface area contributed by atoms with Gasteiger partial charge in [-0.3, -0.25) is 14.2 Å². The number of hydrogen-bond donors (Lipinski definition) is 1. The summed E-state index contributed by atoms with van der Waals surface area (Å²) in [6, 6.07) is 3.34. The summed E-state index contributed by atoms with van der Waals surface area (Å²) in [4.78, 5) is 39.6. The molecule has 2 aliphatic rings. The Labute approximate surface area is 265 Å². The molecule has 0 spiro atoms. The molecule has 1 amide bonds. The number of nitrogens with one attached hydrogen (secondary N) is 1. The average Bonchev–Trinajstić information content (AvgIpc) is 3.46. The van der Waals surface area contributed by atoms with Gasteiger partial charge in [0.15, 0.2) is 0 Å². The highest BCUT2D eigenvalue weighted by molar-refractivity contribution is 6.41. The molecule has 14 heteroatoms. The Morgan fingerprint density at radius 1 is 1.18 bits per heavy atom. The zero-order chi connectivity index (χ0) is 31.4. The lowest BCUT2D eigenvalue weighted by molar-refractivity contribution is -0.125. The lowest BCUT2D eigenvalue weighted by Crippen LogP contribution is -2.40. The number of likely N-dealkylation sites (tertiary alicyclic amines) is 1. The number of benzene rings is 1. The number of aromatic nitrogens is 3. The Balaban J connectivity index is 1.43. The number of rotatable bonds is 12. The second kappa shape index (κ2) is 14.1. The smallest absolute Gasteiger partial charge is 0.260 e. The van der Waals surface area contributed by atoms with Crippen LogP contribution in [0.4, 0.5) is 5.95 Å². The third-order valence-electron chi connectivity index (χ3n) is 7.50. The molecule has 0 saturated carbocycles. The van der Waals surface area contributed by atoms with E-state index in [1.165, 1.54) is 18.8 Å². The van der Waals surface area contributed by atoms with Gasteiger partial charge in [-0.05, 0) is 26.6 Å². The number of fused-ring (bicyclic) bond motifs is 1. The molecule has 0 aliphatic carbocycles. The lowest BCUT2D eigenvalue weighted by Gasteiger charge is -2.26. The van der Waals surface area contributed by atoms with Crippen molar-refractivity contribution < 1.29 is 23.7 Å². The molecule has 2 aliphatic heterocycles. The summed E-state index contributed by atoms with van der Waals surface area (Å²) < 4.78 is 23.8. The van der Waals surface area contributed by atoms with Crippen molar-refractivity contribution in [1.82, 2.24) is 24.3 Å². The first kappa shape index (κ1) is 32.0. The molecule has 2 saturated heterocycles. The van der Waals surface area contributed by atoms with E-state index in [0.29, 0.717) is 67.7 Å². The van der Waals surface area contributed by atoms with Gasteiger partial charge in [-0.1, -0.05) is 29.3 Å². The van der Waals surface area contributed by atoms with Gasteiger partial charge in [0.05, 0.1) is 68.3 Å². The van der Waals surface area contributed by atoms with E-state index >= 15 is 0 Å². The van der Waals surface area contributed by atoms with Crippen LogP contribution in [0.5, 0.6) is 11.5 Å². The first-order valence-electron chi connectivity index (χ1n) is 14.3. The maximum absolute atomic E-state index is 14.1. The molecule has 3 aromatic rings. The normalized spacial score (nSPS) is 17.1. The van der Waals surface area contributed by atoms with Gasteiger partial charge in [0, 0.05) is 48.9 Å². The fraction of sp³-hybridized carbons (Fsp3) is 0.467. The van der Waals surface area contributed by atoms with Crippen molar-refractivity contribution in [2.75, 3.05) is 73.1 Å².